The maximum Gasteiger partial charge on any atom is 0.255 e. The third-order valence-electron chi connectivity index (χ3n) is 6.89. The van der Waals surface area contributed by atoms with E-state index in [2.05, 4.69) is 26.6 Å². The molecule has 2 N–H and O–H groups in total. The largest absolute Gasteiger partial charge is 0.455 e. The Labute approximate surface area is 235 Å². The van der Waals surface area contributed by atoms with Crippen molar-refractivity contribution in [1.82, 2.24) is 10.6 Å². The molecule has 1 aromatic heterocycles. The van der Waals surface area contributed by atoms with E-state index in [1.54, 1.807) is 18.2 Å². The lowest BCUT2D eigenvalue weighted by Gasteiger charge is -2.25. The first kappa shape index (κ1) is 27.4. The first-order chi connectivity index (χ1) is 18.6. The van der Waals surface area contributed by atoms with Gasteiger partial charge in [-0.15, -0.1) is 0 Å². The van der Waals surface area contributed by atoms with E-state index >= 15 is 0 Å². The molecule has 1 amide bonds. The normalized spacial score (nSPS) is 13.6. The molecule has 1 aliphatic carbocycles. The number of furan rings is 1. The van der Waals surface area contributed by atoms with Crippen LogP contribution in [-0.2, 0) is 23.1 Å². The van der Waals surface area contributed by atoms with Gasteiger partial charge in [-0.05, 0) is 78.9 Å². The lowest BCUT2D eigenvalue weighted by molar-refractivity contribution is 0.0964. The molecule has 10 heteroatoms. The number of carbonyl (C=O) groups is 1. The van der Waals surface area contributed by atoms with Crippen LogP contribution in [0.4, 0.5) is 10.1 Å². The summed E-state index contributed by atoms with van der Waals surface area (Å²) in [5.41, 5.74) is 4.52. The van der Waals surface area contributed by atoms with Crippen LogP contribution in [-0.4, -0.2) is 34.7 Å². The zero-order valence-corrected chi connectivity index (χ0v) is 24.2. The van der Waals surface area contributed by atoms with E-state index < -0.39 is 15.8 Å². The minimum atomic E-state index is -3.69. The number of nitrogens with one attached hydrogen (secondary N) is 2. The van der Waals surface area contributed by atoms with Gasteiger partial charge in [0.1, 0.15) is 17.2 Å². The highest BCUT2D eigenvalue weighted by atomic mass is 79.9. The molecule has 0 saturated heterocycles. The van der Waals surface area contributed by atoms with E-state index in [0.29, 0.717) is 40.1 Å². The molecule has 7 nitrogen and oxygen atoms in total. The minimum absolute atomic E-state index is 0.141. The number of fused-ring (bicyclic) bond motifs is 1. The number of benzene rings is 3. The summed E-state index contributed by atoms with van der Waals surface area (Å²) >= 11 is 3.56. The third kappa shape index (κ3) is 5.59. The number of anilines is 1. The number of hydrogen-bond acceptors (Lipinski definition) is 5. The molecule has 204 valence electrons. The van der Waals surface area contributed by atoms with E-state index in [0.717, 1.165) is 34.0 Å². The van der Waals surface area contributed by atoms with Crippen LogP contribution >= 0.6 is 15.9 Å². The molecule has 3 aromatic carbocycles. The van der Waals surface area contributed by atoms with Crippen molar-refractivity contribution < 1.29 is 22.0 Å². The summed E-state index contributed by atoms with van der Waals surface area (Å²) in [6.45, 7) is 0.773. The molecule has 0 atom stereocenters. The number of sulfonamides is 1. The zero-order valence-electron chi connectivity index (χ0n) is 21.8. The Hall–Kier alpha value is -3.21. The van der Waals surface area contributed by atoms with Crippen LogP contribution in [0.5, 0.6) is 0 Å². The van der Waals surface area contributed by atoms with Crippen LogP contribution in [0, 0.1) is 5.82 Å². The zero-order chi connectivity index (χ0) is 27.9. The molecule has 0 spiro atoms. The van der Waals surface area contributed by atoms with Crippen LogP contribution in [0.1, 0.15) is 45.8 Å². The molecular formula is C29H29BrFN3O4S. The topological polar surface area (TPSA) is 91.7 Å². The Bertz CT molecular complexity index is 1660. The van der Waals surface area contributed by atoms with Crippen LogP contribution in [0.3, 0.4) is 0 Å². The van der Waals surface area contributed by atoms with Crippen molar-refractivity contribution in [2.75, 3.05) is 24.7 Å². The van der Waals surface area contributed by atoms with Crippen molar-refractivity contribution in [2.45, 2.75) is 31.8 Å². The van der Waals surface area contributed by atoms with Crippen molar-refractivity contribution in [1.29, 1.82) is 0 Å². The fourth-order valence-electron chi connectivity index (χ4n) is 4.84. The summed E-state index contributed by atoms with van der Waals surface area (Å²) in [5.74, 6) is -0.252. The van der Waals surface area contributed by atoms with Crippen molar-refractivity contribution in [3.05, 3.63) is 87.1 Å². The Morgan fingerprint density at radius 2 is 1.82 bits per heavy atom. The molecule has 1 fully saturated rings. The van der Waals surface area contributed by atoms with Gasteiger partial charge in [0, 0.05) is 35.1 Å². The molecule has 4 aromatic rings. The van der Waals surface area contributed by atoms with Gasteiger partial charge in [0.05, 0.1) is 24.1 Å². The van der Waals surface area contributed by atoms with Gasteiger partial charge < -0.3 is 15.1 Å². The van der Waals surface area contributed by atoms with Crippen LogP contribution in [0.15, 0.2) is 63.5 Å². The van der Waals surface area contributed by atoms with E-state index in [4.69, 9.17) is 4.42 Å². The molecule has 0 bridgehead atoms. The first-order valence-corrected chi connectivity index (χ1v) is 15.2. The van der Waals surface area contributed by atoms with Gasteiger partial charge >= 0.3 is 0 Å². The SMILES string of the molecule is CNCc1cc(CN(c2cc3oc(-c4ccc(F)cc4)c(C(=O)NC)c3cc2C2CC2)S(C)(=O)=O)ccc1Br. The van der Waals surface area contributed by atoms with Gasteiger partial charge in [-0.2, -0.15) is 0 Å². The molecule has 0 radical (unpaired) electrons. The molecule has 1 heterocycles. The molecule has 0 aliphatic heterocycles. The predicted molar refractivity (Wildman–Crippen MR) is 155 cm³/mol. The third-order valence-corrected chi connectivity index (χ3v) is 8.79. The molecule has 5 rings (SSSR count). The van der Waals surface area contributed by atoms with E-state index in [1.165, 1.54) is 29.7 Å². The van der Waals surface area contributed by atoms with Gasteiger partial charge in [0.15, 0.2) is 0 Å². The van der Waals surface area contributed by atoms with Gasteiger partial charge in [0.25, 0.3) is 5.91 Å². The second kappa shape index (κ2) is 10.7. The number of amides is 1. The average molecular weight is 615 g/mol. The van der Waals surface area contributed by atoms with Crippen molar-refractivity contribution in [2.24, 2.45) is 0 Å². The number of hydrogen-bond donors (Lipinski definition) is 2. The molecule has 1 aliphatic rings. The highest BCUT2D eigenvalue weighted by Crippen LogP contribution is 2.48. The summed E-state index contributed by atoms with van der Waals surface area (Å²) in [5, 5.41) is 6.39. The Morgan fingerprint density at radius 3 is 2.44 bits per heavy atom. The fourth-order valence-corrected chi connectivity index (χ4v) is 6.13. The first-order valence-electron chi connectivity index (χ1n) is 12.6. The monoisotopic (exact) mass is 613 g/mol. The lowest BCUT2D eigenvalue weighted by atomic mass is 10.00. The number of carbonyl (C=O) groups excluding carboxylic acids is 1. The minimum Gasteiger partial charge on any atom is -0.455 e. The standard InChI is InChI=1S/C29H29BrFN3O4S/c1-32-15-20-12-17(4-11-24(20)30)16-34(39(3,36)37)25-14-26-23(13-22(25)18-5-6-18)27(29(35)33-2)28(38-26)19-7-9-21(31)10-8-19/h4,7-14,18,32H,5-6,15-16H2,1-3H3,(H,33,35). The number of nitrogens with zero attached hydrogens (tertiary/aromatic N) is 1. The predicted octanol–water partition coefficient (Wildman–Crippen LogP) is 5.92. The molecule has 1 saturated carbocycles. The second-order valence-corrected chi connectivity index (χ2v) is 12.6. The van der Waals surface area contributed by atoms with E-state index in [1.807, 2.05) is 31.3 Å². The van der Waals surface area contributed by atoms with E-state index in [9.17, 15) is 17.6 Å². The Balaban J connectivity index is 1.69. The van der Waals surface area contributed by atoms with Gasteiger partial charge in [-0.25, -0.2) is 12.8 Å². The molecule has 0 unspecified atom stereocenters. The highest BCUT2D eigenvalue weighted by molar-refractivity contribution is 9.10. The molecule has 39 heavy (non-hydrogen) atoms. The van der Waals surface area contributed by atoms with Crippen molar-refractivity contribution in [3.63, 3.8) is 0 Å². The van der Waals surface area contributed by atoms with E-state index in [-0.39, 0.29) is 18.4 Å². The highest BCUT2D eigenvalue weighted by Gasteiger charge is 2.33. The van der Waals surface area contributed by atoms with Crippen molar-refractivity contribution in [3.8, 4) is 11.3 Å². The molecular weight excluding hydrogens is 585 g/mol. The summed E-state index contributed by atoms with van der Waals surface area (Å²) in [4.78, 5) is 13.0. The Kier molecular flexibility index (Phi) is 7.54. The quantitative estimate of drug-likeness (QED) is 0.244. The summed E-state index contributed by atoms with van der Waals surface area (Å²) in [7, 11) is -0.290. The van der Waals surface area contributed by atoms with Crippen LogP contribution in [0.2, 0.25) is 0 Å². The van der Waals surface area contributed by atoms with Gasteiger partial charge in [-0.1, -0.05) is 28.1 Å². The second-order valence-electron chi connectivity index (χ2n) is 9.80. The number of rotatable bonds is 9. The van der Waals surface area contributed by atoms with Crippen LogP contribution in [0.25, 0.3) is 22.3 Å². The fraction of sp³-hybridized carbons (Fsp3) is 0.276. The Morgan fingerprint density at radius 1 is 1.10 bits per heavy atom. The summed E-state index contributed by atoms with van der Waals surface area (Å²) in [6.07, 6.45) is 3.06. The smallest absolute Gasteiger partial charge is 0.255 e. The van der Waals surface area contributed by atoms with Gasteiger partial charge in [-0.3, -0.25) is 9.10 Å². The van der Waals surface area contributed by atoms with Crippen molar-refractivity contribution >= 4 is 48.5 Å². The summed E-state index contributed by atoms with van der Waals surface area (Å²) in [6, 6.07) is 15.1. The lowest BCUT2D eigenvalue weighted by Crippen LogP contribution is -2.30. The number of halogens is 2. The van der Waals surface area contributed by atoms with Gasteiger partial charge in [0.2, 0.25) is 10.0 Å². The van der Waals surface area contributed by atoms with Crippen LogP contribution < -0.4 is 14.9 Å². The maximum absolute atomic E-state index is 13.6. The average Bonchev–Trinajstić information content (AvgIpc) is 3.68. The maximum atomic E-state index is 13.6. The summed E-state index contributed by atoms with van der Waals surface area (Å²) < 4.78 is 48.6.